The highest BCUT2D eigenvalue weighted by Gasteiger charge is 2.01. The number of rotatable bonds is 5. The summed E-state index contributed by atoms with van der Waals surface area (Å²) in [5.74, 6) is 0. The lowest BCUT2D eigenvalue weighted by molar-refractivity contribution is 0.331. The fraction of sp³-hybridized carbons (Fsp3) is 0.267. The molecule has 0 atom stereocenters. The Kier molecular flexibility index (Phi) is 4.31. The molecule has 0 saturated carbocycles. The highest BCUT2D eigenvalue weighted by atomic mass is 15.1. The number of anilines is 1. The minimum atomic E-state index is 0.823. The summed E-state index contributed by atoms with van der Waals surface area (Å²) in [6.07, 6.45) is 4.72. The van der Waals surface area contributed by atoms with Crippen molar-refractivity contribution in [1.29, 1.82) is 0 Å². The maximum absolute atomic E-state index is 5.67. The van der Waals surface area contributed by atoms with E-state index in [0.29, 0.717) is 0 Å². The molecule has 3 heteroatoms. The van der Waals surface area contributed by atoms with Crippen molar-refractivity contribution in [2.45, 2.75) is 13.0 Å². The molecule has 0 aliphatic heterocycles. The second kappa shape index (κ2) is 6.17. The van der Waals surface area contributed by atoms with E-state index in [1.54, 1.807) is 0 Å². The van der Waals surface area contributed by atoms with Gasteiger partial charge in [0.1, 0.15) is 0 Å². The molecule has 2 aromatic rings. The summed E-state index contributed by atoms with van der Waals surface area (Å²) in [6, 6.07) is 12.2. The quantitative estimate of drug-likeness (QED) is 0.817. The number of benzene rings is 1. The topological polar surface area (TPSA) is 42.1 Å². The van der Waals surface area contributed by atoms with E-state index in [1.165, 1.54) is 11.1 Å². The van der Waals surface area contributed by atoms with Gasteiger partial charge in [-0.3, -0.25) is 4.98 Å². The van der Waals surface area contributed by atoms with E-state index in [4.69, 9.17) is 5.73 Å². The Morgan fingerprint density at radius 2 is 1.67 bits per heavy atom. The molecule has 2 rings (SSSR count). The van der Waals surface area contributed by atoms with E-state index in [0.717, 1.165) is 25.2 Å². The molecule has 0 radical (unpaired) electrons. The van der Waals surface area contributed by atoms with Gasteiger partial charge in [0, 0.05) is 31.2 Å². The minimum absolute atomic E-state index is 0.823. The second-order valence-electron chi connectivity index (χ2n) is 4.58. The van der Waals surface area contributed by atoms with Gasteiger partial charge in [0.05, 0.1) is 0 Å². The Morgan fingerprint density at radius 3 is 2.33 bits per heavy atom. The smallest absolute Gasteiger partial charge is 0.0314 e. The number of hydrogen-bond donors (Lipinski definition) is 1. The number of nitrogen functional groups attached to an aromatic ring is 1. The number of pyridine rings is 1. The van der Waals surface area contributed by atoms with Gasteiger partial charge in [0.25, 0.3) is 0 Å². The molecule has 0 fully saturated rings. The molecular formula is C15H19N3. The lowest BCUT2D eigenvalue weighted by atomic mass is 10.1. The molecule has 0 aliphatic rings. The predicted molar refractivity (Wildman–Crippen MR) is 75.1 cm³/mol. The van der Waals surface area contributed by atoms with Crippen LogP contribution in [0.25, 0.3) is 0 Å². The average Bonchev–Trinajstić information content (AvgIpc) is 2.39. The molecule has 0 amide bonds. The van der Waals surface area contributed by atoms with E-state index in [9.17, 15) is 0 Å². The van der Waals surface area contributed by atoms with Gasteiger partial charge in [-0.2, -0.15) is 0 Å². The van der Waals surface area contributed by atoms with E-state index >= 15 is 0 Å². The van der Waals surface area contributed by atoms with Crippen molar-refractivity contribution in [2.24, 2.45) is 0 Å². The highest BCUT2D eigenvalue weighted by Crippen LogP contribution is 2.07. The van der Waals surface area contributed by atoms with Crippen molar-refractivity contribution in [3.8, 4) is 0 Å². The van der Waals surface area contributed by atoms with Gasteiger partial charge >= 0.3 is 0 Å². The summed E-state index contributed by atoms with van der Waals surface area (Å²) in [5.41, 5.74) is 9.11. The van der Waals surface area contributed by atoms with Crippen molar-refractivity contribution in [2.75, 3.05) is 19.3 Å². The maximum Gasteiger partial charge on any atom is 0.0314 e. The third-order valence-corrected chi connectivity index (χ3v) is 2.96. The number of nitrogens with zero attached hydrogens (tertiary/aromatic N) is 2. The van der Waals surface area contributed by atoms with Crippen LogP contribution >= 0.6 is 0 Å². The largest absolute Gasteiger partial charge is 0.399 e. The second-order valence-corrected chi connectivity index (χ2v) is 4.58. The molecule has 94 valence electrons. The van der Waals surface area contributed by atoms with E-state index in [2.05, 4.69) is 41.2 Å². The first-order chi connectivity index (χ1) is 8.74. The third kappa shape index (κ3) is 3.86. The molecule has 0 spiro atoms. The van der Waals surface area contributed by atoms with Crippen LogP contribution in [0.5, 0.6) is 0 Å². The van der Waals surface area contributed by atoms with Gasteiger partial charge in [0.2, 0.25) is 0 Å². The molecule has 3 nitrogen and oxygen atoms in total. The number of aromatic nitrogens is 1. The summed E-state index contributed by atoms with van der Waals surface area (Å²) >= 11 is 0. The van der Waals surface area contributed by atoms with Gasteiger partial charge < -0.3 is 10.6 Å². The van der Waals surface area contributed by atoms with Crippen LogP contribution in [0.4, 0.5) is 5.69 Å². The van der Waals surface area contributed by atoms with Crippen molar-refractivity contribution in [3.63, 3.8) is 0 Å². The molecule has 0 bridgehead atoms. The lowest BCUT2D eigenvalue weighted by Crippen LogP contribution is -2.20. The average molecular weight is 241 g/mol. The Morgan fingerprint density at radius 1 is 1.00 bits per heavy atom. The van der Waals surface area contributed by atoms with Gasteiger partial charge in [-0.25, -0.2) is 0 Å². The predicted octanol–water partition coefficient (Wildman–Crippen LogP) is 2.34. The van der Waals surface area contributed by atoms with Crippen LogP contribution in [-0.4, -0.2) is 23.5 Å². The summed E-state index contributed by atoms with van der Waals surface area (Å²) in [6.45, 7) is 1.99. The van der Waals surface area contributed by atoms with Crippen LogP contribution in [-0.2, 0) is 13.0 Å². The first-order valence-electron chi connectivity index (χ1n) is 6.16. The standard InChI is InChI=1S/C15H19N3/c1-18(12-14-6-9-17-10-7-14)11-8-13-2-4-15(16)5-3-13/h2-7,9-10H,8,11-12,16H2,1H3. The molecule has 1 heterocycles. The molecule has 1 aromatic heterocycles. The fourth-order valence-corrected chi connectivity index (χ4v) is 1.88. The molecule has 0 aliphatic carbocycles. The third-order valence-electron chi connectivity index (χ3n) is 2.96. The monoisotopic (exact) mass is 241 g/mol. The first-order valence-corrected chi connectivity index (χ1v) is 6.16. The maximum atomic E-state index is 5.67. The summed E-state index contributed by atoms with van der Waals surface area (Å²) in [4.78, 5) is 6.34. The normalized spacial score (nSPS) is 10.8. The minimum Gasteiger partial charge on any atom is -0.399 e. The van der Waals surface area contributed by atoms with E-state index in [-0.39, 0.29) is 0 Å². The highest BCUT2D eigenvalue weighted by molar-refractivity contribution is 5.39. The zero-order chi connectivity index (χ0) is 12.8. The van der Waals surface area contributed by atoms with Crippen molar-refractivity contribution in [3.05, 3.63) is 59.9 Å². The Hall–Kier alpha value is -1.87. The van der Waals surface area contributed by atoms with Gasteiger partial charge in [-0.1, -0.05) is 12.1 Å². The van der Waals surface area contributed by atoms with Gasteiger partial charge in [-0.15, -0.1) is 0 Å². The lowest BCUT2D eigenvalue weighted by Gasteiger charge is -2.16. The number of likely N-dealkylation sites (N-methyl/N-ethyl adjacent to an activating group) is 1. The summed E-state index contributed by atoms with van der Waals surface area (Å²) in [5, 5.41) is 0. The van der Waals surface area contributed by atoms with Crippen molar-refractivity contribution in [1.82, 2.24) is 9.88 Å². The van der Waals surface area contributed by atoms with Crippen LogP contribution in [0.2, 0.25) is 0 Å². The van der Waals surface area contributed by atoms with E-state index < -0.39 is 0 Å². The van der Waals surface area contributed by atoms with Crippen LogP contribution in [0, 0.1) is 0 Å². The van der Waals surface area contributed by atoms with Crippen molar-refractivity contribution >= 4 is 5.69 Å². The fourth-order valence-electron chi connectivity index (χ4n) is 1.88. The molecule has 1 aromatic carbocycles. The zero-order valence-electron chi connectivity index (χ0n) is 10.7. The number of nitrogens with two attached hydrogens (primary N) is 1. The molecule has 0 saturated heterocycles. The Labute approximate surface area is 108 Å². The number of hydrogen-bond acceptors (Lipinski definition) is 3. The van der Waals surface area contributed by atoms with Gasteiger partial charge in [-0.05, 0) is 48.9 Å². The zero-order valence-corrected chi connectivity index (χ0v) is 10.7. The summed E-state index contributed by atoms with van der Waals surface area (Å²) in [7, 11) is 2.14. The molecule has 2 N–H and O–H groups in total. The molecular weight excluding hydrogens is 222 g/mol. The summed E-state index contributed by atoms with van der Waals surface area (Å²) < 4.78 is 0. The van der Waals surface area contributed by atoms with E-state index in [1.807, 2.05) is 24.5 Å². The van der Waals surface area contributed by atoms with Crippen LogP contribution in [0.15, 0.2) is 48.8 Å². The SMILES string of the molecule is CN(CCc1ccc(N)cc1)Cc1ccncc1. The van der Waals surface area contributed by atoms with Crippen LogP contribution in [0.3, 0.4) is 0 Å². The van der Waals surface area contributed by atoms with Crippen LogP contribution < -0.4 is 5.73 Å². The van der Waals surface area contributed by atoms with Gasteiger partial charge in [0.15, 0.2) is 0 Å². The molecule has 18 heavy (non-hydrogen) atoms. The Balaban J connectivity index is 1.81. The Bertz CT molecular complexity index is 465. The van der Waals surface area contributed by atoms with Crippen molar-refractivity contribution < 1.29 is 0 Å². The van der Waals surface area contributed by atoms with Crippen LogP contribution in [0.1, 0.15) is 11.1 Å². The first kappa shape index (κ1) is 12.6. The molecule has 0 unspecified atom stereocenters.